The molecule has 4 nitrogen and oxygen atoms in total. The van der Waals surface area contributed by atoms with E-state index in [1.807, 2.05) is 36.4 Å². The monoisotopic (exact) mass is 266 g/mol. The summed E-state index contributed by atoms with van der Waals surface area (Å²) in [7, 11) is 0. The molecule has 3 aromatic rings. The third-order valence-electron chi connectivity index (χ3n) is 3.35. The fourth-order valence-electron chi connectivity index (χ4n) is 2.39. The smallest absolute Gasteiger partial charge is 0.265 e. The first-order chi connectivity index (χ1) is 9.72. The molecule has 0 radical (unpaired) electrons. The summed E-state index contributed by atoms with van der Waals surface area (Å²) in [5.41, 5.74) is 1.95. The highest BCUT2D eigenvalue weighted by atomic mass is 16.3. The molecular formula is C16H14N2O2. The SMILES string of the molecule is Cc1nc2ccccc2c(=O)n1-c1ccccc1CO. The summed E-state index contributed by atoms with van der Waals surface area (Å²) in [5, 5.41) is 10.0. The van der Waals surface area contributed by atoms with E-state index >= 15 is 0 Å². The predicted octanol–water partition coefficient (Wildman–Crippen LogP) is 2.19. The van der Waals surface area contributed by atoms with E-state index in [0.29, 0.717) is 28.0 Å². The van der Waals surface area contributed by atoms with Gasteiger partial charge in [0.25, 0.3) is 5.56 Å². The Bertz CT molecular complexity index is 837. The topological polar surface area (TPSA) is 55.1 Å². The number of hydrogen-bond acceptors (Lipinski definition) is 3. The average Bonchev–Trinajstić information content (AvgIpc) is 2.48. The number of para-hydroxylation sites is 2. The number of benzene rings is 2. The van der Waals surface area contributed by atoms with Crippen molar-refractivity contribution in [3.8, 4) is 5.69 Å². The molecule has 0 aliphatic rings. The average molecular weight is 266 g/mol. The second-order valence-corrected chi connectivity index (χ2v) is 4.60. The highest BCUT2D eigenvalue weighted by Gasteiger charge is 2.11. The summed E-state index contributed by atoms with van der Waals surface area (Å²) in [4.78, 5) is 17.1. The van der Waals surface area contributed by atoms with Gasteiger partial charge in [-0.1, -0.05) is 30.3 Å². The molecule has 0 bridgehead atoms. The summed E-state index contributed by atoms with van der Waals surface area (Å²) < 4.78 is 1.55. The molecule has 1 heterocycles. The first-order valence-electron chi connectivity index (χ1n) is 6.40. The third-order valence-corrected chi connectivity index (χ3v) is 3.35. The molecule has 0 aliphatic carbocycles. The molecule has 0 unspecified atom stereocenters. The van der Waals surface area contributed by atoms with Crippen LogP contribution in [0.2, 0.25) is 0 Å². The van der Waals surface area contributed by atoms with E-state index in [-0.39, 0.29) is 12.2 Å². The second-order valence-electron chi connectivity index (χ2n) is 4.60. The van der Waals surface area contributed by atoms with E-state index < -0.39 is 0 Å². The second kappa shape index (κ2) is 4.90. The van der Waals surface area contributed by atoms with Crippen molar-refractivity contribution < 1.29 is 5.11 Å². The molecule has 0 fully saturated rings. The minimum absolute atomic E-state index is 0.116. The maximum atomic E-state index is 12.7. The highest BCUT2D eigenvalue weighted by Crippen LogP contribution is 2.16. The van der Waals surface area contributed by atoms with Crippen LogP contribution in [0, 0.1) is 6.92 Å². The molecule has 1 N–H and O–H groups in total. The van der Waals surface area contributed by atoms with Gasteiger partial charge in [-0.2, -0.15) is 0 Å². The zero-order valence-electron chi connectivity index (χ0n) is 11.1. The van der Waals surface area contributed by atoms with Gasteiger partial charge in [-0.25, -0.2) is 4.98 Å². The van der Waals surface area contributed by atoms with Crippen LogP contribution in [0.15, 0.2) is 53.3 Å². The molecule has 100 valence electrons. The molecule has 4 heteroatoms. The number of aliphatic hydroxyl groups is 1. The Morgan fingerprint density at radius 2 is 1.80 bits per heavy atom. The van der Waals surface area contributed by atoms with Crippen LogP contribution < -0.4 is 5.56 Å². The van der Waals surface area contributed by atoms with Crippen LogP contribution >= 0.6 is 0 Å². The van der Waals surface area contributed by atoms with Crippen LogP contribution in [-0.4, -0.2) is 14.7 Å². The molecule has 0 atom stereocenters. The van der Waals surface area contributed by atoms with Crippen LogP contribution in [0.4, 0.5) is 0 Å². The van der Waals surface area contributed by atoms with Gasteiger partial charge in [0.1, 0.15) is 5.82 Å². The van der Waals surface area contributed by atoms with E-state index in [2.05, 4.69) is 4.98 Å². The van der Waals surface area contributed by atoms with Crippen molar-refractivity contribution in [2.75, 3.05) is 0 Å². The van der Waals surface area contributed by atoms with E-state index in [9.17, 15) is 9.90 Å². The van der Waals surface area contributed by atoms with Crippen molar-refractivity contribution in [1.29, 1.82) is 0 Å². The number of aliphatic hydroxyl groups excluding tert-OH is 1. The molecule has 3 rings (SSSR count). The van der Waals surface area contributed by atoms with Crippen LogP contribution in [0.1, 0.15) is 11.4 Å². The lowest BCUT2D eigenvalue weighted by Crippen LogP contribution is -2.23. The number of fused-ring (bicyclic) bond motifs is 1. The van der Waals surface area contributed by atoms with Crippen LogP contribution in [-0.2, 0) is 6.61 Å². The standard InChI is InChI=1S/C16H14N2O2/c1-11-17-14-8-4-3-7-13(14)16(20)18(11)15-9-5-2-6-12(15)10-19/h2-9,19H,10H2,1H3. The van der Waals surface area contributed by atoms with Gasteiger partial charge in [0.15, 0.2) is 0 Å². The lowest BCUT2D eigenvalue weighted by molar-refractivity contribution is 0.281. The predicted molar refractivity (Wildman–Crippen MR) is 78.0 cm³/mol. The van der Waals surface area contributed by atoms with Crippen LogP contribution in [0.25, 0.3) is 16.6 Å². The first kappa shape index (κ1) is 12.6. The normalized spacial score (nSPS) is 10.9. The Morgan fingerprint density at radius 3 is 2.60 bits per heavy atom. The maximum Gasteiger partial charge on any atom is 0.265 e. The number of rotatable bonds is 2. The molecule has 0 aliphatic heterocycles. The third kappa shape index (κ3) is 1.90. The number of nitrogens with zero attached hydrogens (tertiary/aromatic N) is 2. The van der Waals surface area contributed by atoms with Crippen molar-refractivity contribution in [3.05, 3.63) is 70.3 Å². The molecule has 0 saturated heterocycles. The van der Waals surface area contributed by atoms with Gasteiger partial charge in [-0.05, 0) is 25.1 Å². The zero-order chi connectivity index (χ0) is 14.1. The molecule has 1 aromatic heterocycles. The summed E-state index contributed by atoms with van der Waals surface area (Å²) in [6, 6.07) is 14.6. The molecule has 0 amide bonds. The van der Waals surface area contributed by atoms with E-state index in [1.54, 1.807) is 23.6 Å². The Kier molecular flexibility index (Phi) is 3.08. The molecular weight excluding hydrogens is 252 g/mol. The first-order valence-corrected chi connectivity index (χ1v) is 6.40. The van der Waals surface area contributed by atoms with E-state index in [0.717, 1.165) is 0 Å². The molecule has 0 spiro atoms. The van der Waals surface area contributed by atoms with Crippen molar-refractivity contribution in [3.63, 3.8) is 0 Å². The maximum absolute atomic E-state index is 12.7. The summed E-state index contributed by atoms with van der Waals surface area (Å²) in [5.74, 6) is 0.606. The Morgan fingerprint density at radius 1 is 1.10 bits per heavy atom. The Hall–Kier alpha value is -2.46. The lowest BCUT2D eigenvalue weighted by Gasteiger charge is -2.13. The highest BCUT2D eigenvalue weighted by molar-refractivity contribution is 5.77. The van der Waals surface area contributed by atoms with Gasteiger partial charge in [0, 0.05) is 5.56 Å². The van der Waals surface area contributed by atoms with Gasteiger partial charge in [-0.15, -0.1) is 0 Å². The molecule has 0 saturated carbocycles. The Balaban J connectivity index is 2.40. The number of aromatic nitrogens is 2. The van der Waals surface area contributed by atoms with E-state index in [4.69, 9.17) is 0 Å². The molecule has 2 aromatic carbocycles. The fraction of sp³-hybridized carbons (Fsp3) is 0.125. The summed E-state index contributed by atoms with van der Waals surface area (Å²) >= 11 is 0. The van der Waals surface area contributed by atoms with Crippen LogP contribution in [0.3, 0.4) is 0 Å². The van der Waals surface area contributed by atoms with Crippen molar-refractivity contribution >= 4 is 10.9 Å². The van der Waals surface area contributed by atoms with Crippen molar-refractivity contribution in [2.45, 2.75) is 13.5 Å². The minimum Gasteiger partial charge on any atom is -0.392 e. The number of aryl methyl sites for hydroxylation is 1. The number of hydrogen-bond donors (Lipinski definition) is 1. The van der Waals surface area contributed by atoms with Gasteiger partial charge in [-0.3, -0.25) is 9.36 Å². The summed E-state index contributed by atoms with van der Waals surface area (Å²) in [6.07, 6.45) is 0. The summed E-state index contributed by atoms with van der Waals surface area (Å²) in [6.45, 7) is 1.68. The zero-order valence-corrected chi connectivity index (χ0v) is 11.1. The van der Waals surface area contributed by atoms with E-state index in [1.165, 1.54) is 0 Å². The quantitative estimate of drug-likeness (QED) is 0.773. The van der Waals surface area contributed by atoms with Gasteiger partial charge in [0.05, 0.1) is 23.2 Å². The van der Waals surface area contributed by atoms with Gasteiger partial charge >= 0.3 is 0 Å². The van der Waals surface area contributed by atoms with Gasteiger partial charge < -0.3 is 5.11 Å². The molecule has 20 heavy (non-hydrogen) atoms. The van der Waals surface area contributed by atoms with Crippen molar-refractivity contribution in [1.82, 2.24) is 9.55 Å². The van der Waals surface area contributed by atoms with Gasteiger partial charge in [0.2, 0.25) is 0 Å². The van der Waals surface area contributed by atoms with Crippen LogP contribution in [0.5, 0.6) is 0 Å². The fourth-order valence-corrected chi connectivity index (χ4v) is 2.39. The minimum atomic E-state index is -0.117. The van der Waals surface area contributed by atoms with Crippen molar-refractivity contribution in [2.24, 2.45) is 0 Å². The lowest BCUT2D eigenvalue weighted by atomic mass is 10.1. The Labute approximate surface area is 116 Å². The largest absolute Gasteiger partial charge is 0.392 e.